The lowest BCUT2D eigenvalue weighted by Crippen LogP contribution is -1.94. The number of hydrogen-bond acceptors (Lipinski definition) is 6. The largest absolute Gasteiger partial charge is 0.506 e. The van der Waals surface area contributed by atoms with Crippen molar-refractivity contribution in [2.24, 2.45) is 0 Å². The van der Waals surface area contributed by atoms with Crippen LogP contribution in [0.3, 0.4) is 0 Å². The van der Waals surface area contributed by atoms with E-state index >= 15 is 0 Å². The molecule has 0 heterocycles. The number of benzene rings is 1. The summed E-state index contributed by atoms with van der Waals surface area (Å²) < 4.78 is 31.6. The Hall–Kier alpha value is -1.91. The number of hydrogen-bond donors (Lipinski definition) is 4. The molecular formula is C6H8N2O7S. The standard InChI is InChI=1S/C6H6N2O3.H2O4S/c7-6-4(8(10)11)2-1-3-5(6)9;1-5(2,3)4/h1-3,9H,7H2;(H2,1,2,3,4). The van der Waals surface area contributed by atoms with E-state index in [-0.39, 0.29) is 17.1 Å². The summed E-state index contributed by atoms with van der Waals surface area (Å²) in [5.74, 6) is -0.265. The number of phenols is 1. The number of nitrogens with zero attached hydrogens (tertiary/aromatic N) is 1. The molecule has 1 rings (SSSR count). The van der Waals surface area contributed by atoms with Crippen molar-refractivity contribution in [2.75, 3.05) is 5.73 Å². The molecule has 0 fully saturated rings. The van der Waals surface area contributed by atoms with Gasteiger partial charge in [-0.25, -0.2) is 0 Å². The Balaban J connectivity index is 0.000000385. The Morgan fingerprint density at radius 3 is 2.06 bits per heavy atom. The molecule has 0 aliphatic heterocycles. The lowest BCUT2D eigenvalue weighted by molar-refractivity contribution is -0.384. The zero-order valence-electron chi connectivity index (χ0n) is 7.64. The maximum Gasteiger partial charge on any atom is 0.394 e. The highest BCUT2D eigenvalue weighted by Crippen LogP contribution is 2.29. The van der Waals surface area contributed by atoms with Crippen LogP contribution in [0, 0.1) is 10.1 Å². The first-order chi connectivity index (χ1) is 7.13. The van der Waals surface area contributed by atoms with Crippen LogP contribution in [0.5, 0.6) is 5.75 Å². The van der Waals surface area contributed by atoms with E-state index in [0.29, 0.717) is 0 Å². The van der Waals surface area contributed by atoms with E-state index in [9.17, 15) is 10.1 Å². The van der Waals surface area contributed by atoms with Crippen molar-refractivity contribution in [2.45, 2.75) is 0 Å². The first-order valence-electron chi connectivity index (χ1n) is 3.54. The van der Waals surface area contributed by atoms with Crippen LogP contribution in [0.1, 0.15) is 0 Å². The van der Waals surface area contributed by atoms with Gasteiger partial charge in [-0.3, -0.25) is 19.2 Å². The molecule has 0 radical (unpaired) electrons. The average Bonchev–Trinajstić information content (AvgIpc) is 2.06. The molecule has 0 saturated carbocycles. The normalized spacial score (nSPS) is 10.1. The number of phenolic OH excluding ortho intramolecular Hbond substituents is 1. The lowest BCUT2D eigenvalue weighted by Gasteiger charge is -1.97. The highest BCUT2D eigenvalue weighted by atomic mass is 32.3. The Labute approximate surface area is 89.9 Å². The number of nitro groups is 1. The Morgan fingerprint density at radius 2 is 1.75 bits per heavy atom. The molecule has 0 unspecified atom stereocenters. The fraction of sp³-hybridized carbons (Fsp3) is 0. The number of rotatable bonds is 1. The van der Waals surface area contributed by atoms with Crippen LogP contribution in [0.15, 0.2) is 18.2 Å². The molecule has 16 heavy (non-hydrogen) atoms. The fourth-order valence-electron chi connectivity index (χ4n) is 0.700. The van der Waals surface area contributed by atoms with E-state index in [1.54, 1.807) is 0 Å². The van der Waals surface area contributed by atoms with E-state index in [0.717, 1.165) is 0 Å². The predicted molar refractivity (Wildman–Crippen MR) is 53.4 cm³/mol. The summed E-state index contributed by atoms with van der Waals surface area (Å²) in [5.41, 5.74) is 4.72. The van der Waals surface area contributed by atoms with Crippen molar-refractivity contribution < 1.29 is 27.6 Å². The Kier molecular flexibility index (Phi) is 4.62. The SMILES string of the molecule is Nc1c(O)cccc1[N+](=O)[O-].O=S(=O)(O)O. The number of nitrogen functional groups attached to an aromatic ring is 1. The average molecular weight is 252 g/mol. The summed E-state index contributed by atoms with van der Waals surface area (Å²) in [6.07, 6.45) is 0. The van der Waals surface area contributed by atoms with Crippen molar-refractivity contribution in [3.8, 4) is 5.75 Å². The smallest absolute Gasteiger partial charge is 0.394 e. The molecule has 0 spiro atoms. The third-order valence-electron chi connectivity index (χ3n) is 1.26. The van der Waals surface area contributed by atoms with Gasteiger partial charge in [-0.15, -0.1) is 0 Å². The van der Waals surface area contributed by atoms with Gasteiger partial charge in [0, 0.05) is 6.07 Å². The monoisotopic (exact) mass is 252 g/mol. The van der Waals surface area contributed by atoms with Gasteiger partial charge in [0.2, 0.25) is 0 Å². The summed E-state index contributed by atoms with van der Waals surface area (Å²) in [4.78, 5) is 9.54. The van der Waals surface area contributed by atoms with Crippen molar-refractivity contribution in [1.29, 1.82) is 0 Å². The molecule has 0 aliphatic rings. The van der Waals surface area contributed by atoms with Crippen LogP contribution in [0.4, 0.5) is 11.4 Å². The van der Waals surface area contributed by atoms with Crippen LogP contribution in [-0.4, -0.2) is 27.6 Å². The third kappa shape index (κ3) is 5.74. The summed E-state index contributed by atoms with van der Waals surface area (Å²) in [6, 6.07) is 3.89. The number of nitrogens with two attached hydrogens (primary N) is 1. The zero-order valence-corrected chi connectivity index (χ0v) is 8.46. The first kappa shape index (κ1) is 14.1. The van der Waals surface area contributed by atoms with Gasteiger partial charge in [0.05, 0.1) is 4.92 Å². The maximum atomic E-state index is 10.2. The van der Waals surface area contributed by atoms with Crippen LogP contribution >= 0.6 is 0 Å². The topological polar surface area (TPSA) is 164 Å². The van der Waals surface area contributed by atoms with Crippen molar-refractivity contribution in [3.63, 3.8) is 0 Å². The molecule has 9 nitrogen and oxygen atoms in total. The summed E-state index contributed by atoms with van der Waals surface area (Å²) in [5, 5.41) is 19.1. The third-order valence-corrected chi connectivity index (χ3v) is 1.26. The molecule has 0 saturated heterocycles. The highest BCUT2D eigenvalue weighted by molar-refractivity contribution is 7.79. The first-order valence-corrected chi connectivity index (χ1v) is 4.94. The van der Waals surface area contributed by atoms with E-state index in [4.69, 9.17) is 28.4 Å². The second-order valence-electron chi connectivity index (χ2n) is 2.41. The summed E-state index contributed by atoms with van der Waals surface area (Å²) >= 11 is 0. The fourth-order valence-corrected chi connectivity index (χ4v) is 0.700. The summed E-state index contributed by atoms with van der Waals surface area (Å²) in [6.45, 7) is 0. The van der Waals surface area contributed by atoms with Gasteiger partial charge in [0.15, 0.2) is 5.69 Å². The van der Waals surface area contributed by atoms with Crippen LogP contribution < -0.4 is 5.73 Å². The van der Waals surface area contributed by atoms with Gasteiger partial charge in [0.25, 0.3) is 5.69 Å². The van der Waals surface area contributed by atoms with Crippen molar-refractivity contribution >= 4 is 21.8 Å². The molecule has 0 aromatic heterocycles. The molecular weight excluding hydrogens is 244 g/mol. The minimum Gasteiger partial charge on any atom is -0.506 e. The molecule has 10 heteroatoms. The second kappa shape index (κ2) is 5.25. The molecule has 0 amide bonds. The molecule has 5 N–H and O–H groups in total. The number of aromatic hydroxyl groups is 1. The second-order valence-corrected chi connectivity index (χ2v) is 3.31. The lowest BCUT2D eigenvalue weighted by atomic mass is 10.2. The van der Waals surface area contributed by atoms with Gasteiger partial charge in [-0.2, -0.15) is 8.42 Å². The Bertz CT molecular complexity index is 476. The van der Waals surface area contributed by atoms with E-state index in [2.05, 4.69) is 0 Å². The molecule has 90 valence electrons. The molecule has 1 aromatic rings. The van der Waals surface area contributed by atoms with E-state index in [1.807, 2.05) is 0 Å². The van der Waals surface area contributed by atoms with Crippen molar-refractivity contribution in [1.82, 2.24) is 0 Å². The van der Waals surface area contributed by atoms with Gasteiger partial charge in [-0.1, -0.05) is 6.07 Å². The minimum atomic E-state index is -4.67. The summed E-state index contributed by atoms with van der Waals surface area (Å²) in [7, 11) is -4.67. The number of para-hydroxylation sites is 1. The Morgan fingerprint density at radius 1 is 1.31 bits per heavy atom. The molecule has 1 aromatic carbocycles. The number of anilines is 1. The highest BCUT2D eigenvalue weighted by Gasteiger charge is 2.12. The molecule has 0 atom stereocenters. The zero-order chi connectivity index (χ0) is 12.9. The van der Waals surface area contributed by atoms with Crippen LogP contribution in [0.25, 0.3) is 0 Å². The van der Waals surface area contributed by atoms with Gasteiger partial charge >= 0.3 is 10.4 Å². The van der Waals surface area contributed by atoms with E-state index in [1.165, 1.54) is 18.2 Å². The van der Waals surface area contributed by atoms with E-state index < -0.39 is 15.3 Å². The van der Waals surface area contributed by atoms with Gasteiger partial charge < -0.3 is 10.8 Å². The van der Waals surface area contributed by atoms with Gasteiger partial charge in [-0.05, 0) is 6.07 Å². The minimum absolute atomic E-state index is 0.197. The molecule has 0 aliphatic carbocycles. The quantitative estimate of drug-likeness (QED) is 0.181. The molecule has 0 bridgehead atoms. The number of nitro benzene ring substituents is 1. The predicted octanol–water partition coefficient (Wildman–Crippen LogP) is 0.230. The maximum absolute atomic E-state index is 10.2. The van der Waals surface area contributed by atoms with Crippen LogP contribution in [-0.2, 0) is 10.4 Å². The van der Waals surface area contributed by atoms with Crippen LogP contribution in [0.2, 0.25) is 0 Å². The van der Waals surface area contributed by atoms with Crippen molar-refractivity contribution in [3.05, 3.63) is 28.3 Å². The van der Waals surface area contributed by atoms with Gasteiger partial charge in [0.1, 0.15) is 5.75 Å².